The monoisotopic (exact) mass is 269 g/mol. The highest BCUT2D eigenvalue weighted by Gasteiger charge is 2.36. The Kier molecular flexibility index (Phi) is 4.14. The molecule has 1 N–H and O–H groups in total. The number of aliphatic carboxylic acids is 1. The van der Waals surface area contributed by atoms with Gasteiger partial charge in [0, 0.05) is 17.7 Å². The lowest BCUT2D eigenvalue weighted by atomic mass is 10.0. The molecule has 3 nitrogen and oxygen atoms in total. The van der Waals surface area contributed by atoms with Crippen molar-refractivity contribution in [2.75, 3.05) is 6.54 Å². The zero-order valence-electron chi connectivity index (χ0n) is 10.8. The molecule has 2 rings (SSSR count). The molecule has 1 aromatic carbocycles. The minimum absolute atomic E-state index is 0.316. The SMILES string of the molecule is CCC(c1ccc(F)cc1F)N1CCCC1C(=O)O. The van der Waals surface area contributed by atoms with Crippen LogP contribution in [0, 0.1) is 11.6 Å². The average Bonchev–Trinajstić information content (AvgIpc) is 2.82. The molecule has 0 radical (unpaired) electrons. The van der Waals surface area contributed by atoms with Crippen molar-refractivity contribution >= 4 is 5.97 Å². The standard InChI is InChI=1S/C14H17F2NO2/c1-2-12(10-6-5-9(15)8-11(10)16)17-7-3-4-13(17)14(18)19/h5-6,8,12-13H,2-4,7H2,1H3,(H,18,19). The summed E-state index contributed by atoms with van der Waals surface area (Å²) in [6.45, 7) is 2.51. The third-order valence-corrected chi connectivity index (χ3v) is 3.69. The Morgan fingerprint density at radius 2 is 2.26 bits per heavy atom. The summed E-state index contributed by atoms with van der Waals surface area (Å²) in [5, 5.41) is 9.19. The second kappa shape index (κ2) is 5.65. The molecule has 1 saturated heterocycles. The Hall–Kier alpha value is -1.49. The van der Waals surface area contributed by atoms with Crippen molar-refractivity contribution in [3.8, 4) is 0 Å². The lowest BCUT2D eigenvalue weighted by molar-refractivity contribution is -0.143. The number of hydrogen-bond donors (Lipinski definition) is 1. The van der Waals surface area contributed by atoms with Crippen LogP contribution >= 0.6 is 0 Å². The Bertz CT molecular complexity index is 479. The highest BCUT2D eigenvalue weighted by atomic mass is 19.1. The molecule has 2 atom stereocenters. The van der Waals surface area contributed by atoms with Crippen molar-refractivity contribution in [1.29, 1.82) is 0 Å². The summed E-state index contributed by atoms with van der Waals surface area (Å²) in [4.78, 5) is 13.0. The van der Waals surface area contributed by atoms with Crippen LogP contribution in [0.2, 0.25) is 0 Å². The summed E-state index contributed by atoms with van der Waals surface area (Å²) < 4.78 is 26.8. The first-order chi connectivity index (χ1) is 9.04. The van der Waals surface area contributed by atoms with Gasteiger partial charge in [-0.3, -0.25) is 9.69 Å². The van der Waals surface area contributed by atoms with Crippen LogP contribution in [0.1, 0.15) is 37.8 Å². The zero-order valence-corrected chi connectivity index (χ0v) is 10.8. The van der Waals surface area contributed by atoms with E-state index < -0.39 is 23.6 Å². The number of rotatable bonds is 4. The highest BCUT2D eigenvalue weighted by Crippen LogP contribution is 2.33. The summed E-state index contributed by atoms with van der Waals surface area (Å²) in [5.74, 6) is -2.10. The molecule has 0 spiro atoms. The fraction of sp³-hybridized carbons (Fsp3) is 0.500. The molecule has 0 saturated carbocycles. The molecule has 104 valence electrons. The van der Waals surface area contributed by atoms with E-state index in [1.807, 2.05) is 6.92 Å². The van der Waals surface area contributed by atoms with Crippen molar-refractivity contribution in [1.82, 2.24) is 4.90 Å². The topological polar surface area (TPSA) is 40.5 Å². The van der Waals surface area contributed by atoms with Gasteiger partial charge >= 0.3 is 5.97 Å². The van der Waals surface area contributed by atoms with Crippen molar-refractivity contribution in [3.05, 3.63) is 35.4 Å². The summed E-state index contributed by atoms with van der Waals surface area (Å²) in [5.41, 5.74) is 0.372. The summed E-state index contributed by atoms with van der Waals surface area (Å²) in [6.07, 6.45) is 1.96. The summed E-state index contributed by atoms with van der Waals surface area (Å²) >= 11 is 0. The van der Waals surface area contributed by atoms with Crippen LogP contribution < -0.4 is 0 Å². The Balaban J connectivity index is 2.31. The van der Waals surface area contributed by atoms with Crippen LogP contribution in [0.5, 0.6) is 0 Å². The first-order valence-corrected chi connectivity index (χ1v) is 6.48. The predicted molar refractivity (Wildman–Crippen MR) is 66.8 cm³/mol. The van der Waals surface area contributed by atoms with Crippen molar-refractivity contribution in [2.24, 2.45) is 0 Å². The number of carbonyl (C=O) groups is 1. The largest absolute Gasteiger partial charge is 0.480 e. The van der Waals surface area contributed by atoms with E-state index in [0.29, 0.717) is 24.9 Å². The quantitative estimate of drug-likeness (QED) is 0.913. The molecular weight excluding hydrogens is 252 g/mol. The van der Waals surface area contributed by atoms with Crippen LogP contribution in [-0.2, 0) is 4.79 Å². The molecule has 19 heavy (non-hydrogen) atoms. The number of likely N-dealkylation sites (tertiary alicyclic amines) is 1. The molecule has 0 aromatic heterocycles. The molecule has 0 amide bonds. The molecule has 0 bridgehead atoms. The molecule has 5 heteroatoms. The van der Waals surface area contributed by atoms with Gasteiger partial charge in [-0.1, -0.05) is 13.0 Å². The second-order valence-electron chi connectivity index (χ2n) is 4.82. The number of benzene rings is 1. The van der Waals surface area contributed by atoms with Gasteiger partial charge in [0.15, 0.2) is 0 Å². The molecule has 2 unspecified atom stereocenters. The minimum atomic E-state index is -0.876. The fourth-order valence-corrected chi connectivity index (χ4v) is 2.83. The smallest absolute Gasteiger partial charge is 0.320 e. The maximum Gasteiger partial charge on any atom is 0.320 e. The average molecular weight is 269 g/mol. The lowest BCUT2D eigenvalue weighted by Gasteiger charge is -2.31. The van der Waals surface area contributed by atoms with E-state index in [9.17, 15) is 18.7 Å². The lowest BCUT2D eigenvalue weighted by Crippen LogP contribution is -2.38. The summed E-state index contributed by atoms with van der Waals surface area (Å²) in [7, 11) is 0. The van der Waals surface area contributed by atoms with Gasteiger partial charge in [-0.05, 0) is 31.9 Å². The fourth-order valence-electron chi connectivity index (χ4n) is 2.83. The number of carboxylic acids is 1. The van der Waals surface area contributed by atoms with E-state index in [0.717, 1.165) is 12.5 Å². The van der Waals surface area contributed by atoms with Crippen molar-refractivity contribution < 1.29 is 18.7 Å². The first kappa shape index (κ1) is 13.9. The number of carboxylic acid groups (broad SMARTS) is 1. The van der Waals surface area contributed by atoms with Crippen molar-refractivity contribution in [2.45, 2.75) is 38.3 Å². The van der Waals surface area contributed by atoms with Gasteiger partial charge in [0.1, 0.15) is 17.7 Å². The number of halogens is 2. The van der Waals surface area contributed by atoms with Crippen molar-refractivity contribution in [3.63, 3.8) is 0 Å². The number of nitrogens with zero attached hydrogens (tertiary/aromatic N) is 1. The van der Waals surface area contributed by atoms with Crippen LogP contribution in [0.25, 0.3) is 0 Å². The maximum atomic E-state index is 13.9. The van der Waals surface area contributed by atoms with Gasteiger partial charge in [-0.2, -0.15) is 0 Å². The van der Waals surface area contributed by atoms with Gasteiger partial charge < -0.3 is 5.11 Å². The Morgan fingerprint density at radius 1 is 1.53 bits per heavy atom. The van der Waals surface area contributed by atoms with E-state index in [-0.39, 0.29) is 6.04 Å². The van der Waals surface area contributed by atoms with E-state index in [1.165, 1.54) is 12.1 Å². The minimum Gasteiger partial charge on any atom is -0.480 e. The van der Waals surface area contributed by atoms with Crippen LogP contribution in [-0.4, -0.2) is 28.6 Å². The van der Waals surface area contributed by atoms with Crippen LogP contribution in [0.4, 0.5) is 8.78 Å². The van der Waals surface area contributed by atoms with E-state index in [4.69, 9.17) is 0 Å². The molecule has 1 aromatic rings. The van der Waals surface area contributed by atoms with Gasteiger partial charge in [-0.15, -0.1) is 0 Å². The van der Waals surface area contributed by atoms with E-state index in [2.05, 4.69) is 0 Å². The van der Waals surface area contributed by atoms with Gasteiger partial charge in [-0.25, -0.2) is 8.78 Å². The predicted octanol–water partition coefficient (Wildman–Crippen LogP) is 2.96. The van der Waals surface area contributed by atoms with Crippen LogP contribution in [0.15, 0.2) is 18.2 Å². The molecule has 0 aliphatic carbocycles. The van der Waals surface area contributed by atoms with Crippen LogP contribution in [0.3, 0.4) is 0 Å². The Labute approximate surface area is 110 Å². The zero-order chi connectivity index (χ0) is 14.0. The van der Waals surface area contributed by atoms with Gasteiger partial charge in [0.2, 0.25) is 0 Å². The van der Waals surface area contributed by atoms with Gasteiger partial charge in [0.05, 0.1) is 0 Å². The van der Waals surface area contributed by atoms with Gasteiger partial charge in [0.25, 0.3) is 0 Å². The van der Waals surface area contributed by atoms with E-state index in [1.54, 1.807) is 4.90 Å². The second-order valence-corrected chi connectivity index (χ2v) is 4.82. The third kappa shape index (κ3) is 2.76. The normalized spacial score (nSPS) is 21.5. The summed E-state index contributed by atoms with van der Waals surface area (Å²) in [6, 6.07) is 2.59. The molecule has 1 aliphatic rings. The Morgan fingerprint density at radius 3 is 2.84 bits per heavy atom. The molecule has 1 fully saturated rings. The number of hydrogen-bond acceptors (Lipinski definition) is 2. The first-order valence-electron chi connectivity index (χ1n) is 6.48. The molecule has 1 heterocycles. The highest BCUT2D eigenvalue weighted by molar-refractivity contribution is 5.73. The molecule has 1 aliphatic heterocycles. The van der Waals surface area contributed by atoms with E-state index >= 15 is 0 Å². The third-order valence-electron chi connectivity index (χ3n) is 3.69. The maximum absolute atomic E-state index is 13.9. The molecular formula is C14H17F2NO2.